The summed E-state index contributed by atoms with van der Waals surface area (Å²) >= 11 is 1.37. The van der Waals surface area contributed by atoms with E-state index >= 15 is 0 Å². The normalized spacial score (nSPS) is 16.7. The molecule has 0 spiro atoms. The first-order valence-electron chi connectivity index (χ1n) is 8.45. The Morgan fingerprint density at radius 3 is 2.60 bits per heavy atom. The monoisotopic (exact) mass is 369 g/mol. The summed E-state index contributed by atoms with van der Waals surface area (Å²) in [5.74, 6) is -0.409. The van der Waals surface area contributed by atoms with Gasteiger partial charge in [-0.05, 0) is 26.7 Å². The Kier molecular flexibility index (Phi) is 6.05. The van der Waals surface area contributed by atoms with Crippen LogP contribution in [-0.2, 0) is 22.7 Å². The van der Waals surface area contributed by atoms with Crippen LogP contribution < -0.4 is 0 Å². The number of aliphatic hydroxyl groups excluding tert-OH is 1. The van der Waals surface area contributed by atoms with Crippen molar-refractivity contribution in [2.45, 2.75) is 59.4 Å². The molecule has 0 unspecified atom stereocenters. The molecular weight excluding hydrogens is 342 g/mol. The van der Waals surface area contributed by atoms with Crippen LogP contribution in [-0.4, -0.2) is 56.6 Å². The lowest BCUT2D eigenvalue weighted by Gasteiger charge is -2.31. The highest BCUT2D eigenvalue weighted by Crippen LogP contribution is 2.23. The maximum Gasteiger partial charge on any atom is 0.329 e. The molecule has 2 rings (SSSR count). The maximum atomic E-state index is 12.8. The number of carbonyl (C=O) groups excluding carboxylic acids is 2. The van der Waals surface area contributed by atoms with Crippen LogP contribution in [0.15, 0.2) is 5.38 Å². The SMILES string of the molecule is CC(C)[C@@H](C(=O)OC(C)(C)C)N1CCN(Cc2csc(CO)n2)C1=O. The number of nitrogens with zero attached hydrogens (tertiary/aromatic N) is 3. The Balaban J connectivity index is 2.08. The van der Waals surface area contributed by atoms with Crippen molar-refractivity contribution in [3.8, 4) is 0 Å². The fraction of sp³-hybridized carbons (Fsp3) is 0.706. The molecule has 0 saturated carbocycles. The number of aromatic nitrogens is 1. The zero-order valence-corrected chi connectivity index (χ0v) is 16.3. The van der Waals surface area contributed by atoms with Gasteiger partial charge in [0.05, 0.1) is 18.8 Å². The van der Waals surface area contributed by atoms with Crippen molar-refractivity contribution in [1.82, 2.24) is 14.8 Å². The molecule has 0 aliphatic carbocycles. The van der Waals surface area contributed by atoms with Crippen LogP contribution in [0.25, 0.3) is 0 Å². The molecule has 2 heterocycles. The third-order valence-corrected chi connectivity index (χ3v) is 4.71. The van der Waals surface area contributed by atoms with E-state index in [9.17, 15) is 9.59 Å². The molecule has 1 aliphatic heterocycles. The summed E-state index contributed by atoms with van der Waals surface area (Å²) in [7, 11) is 0. The largest absolute Gasteiger partial charge is 0.458 e. The quantitative estimate of drug-likeness (QED) is 0.778. The van der Waals surface area contributed by atoms with Crippen LogP contribution in [0.4, 0.5) is 4.79 Å². The minimum Gasteiger partial charge on any atom is -0.458 e. The predicted octanol–water partition coefficient (Wildman–Crippen LogP) is 2.24. The lowest BCUT2D eigenvalue weighted by atomic mass is 10.0. The Morgan fingerprint density at radius 1 is 1.40 bits per heavy atom. The number of aliphatic hydroxyl groups is 1. The minimum absolute atomic E-state index is 0.0426. The highest BCUT2D eigenvalue weighted by atomic mass is 32.1. The Hall–Kier alpha value is -1.67. The lowest BCUT2D eigenvalue weighted by molar-refractivity contribution is -0.161. The van der Waals surface area contributed by atoms with Crippen molar-refractivity contribution >= 4 is 23.3 Å². The molecule has 2 amide bonds. The summed E-state index contributed by atoms with van der Waals surface area (Å²) in [6.45, 7) is 10.6. The van der Waals surface area contributed by atoms with E-state index in [0.717, 1.165) is 5.69 Å². The van der Waals surface area contributed by atoms with Crippen molar-refractivity contribution in [2.24, 2.45) is 5.92 Å². The predicted molar refractivity (Wildman–Crippen MR) is 95.0 cm³/mol. The van der Waals surface area contributed by atoms with Crippen molar-refractivity contribution in [3.05, 3.63) is 16.1 Å². The Labute approximate surface area is 152 Å². The number of esters is 1. The first-order chi connectivity index (χ1) is 11.6. The van der Waals surface area contributed by atoms with E-state index in [1.807, 2.05) is 40.0 Å². The molecule has 140 valence electrons. The van der Waals surface area contributed by atoms with Gasteiger partial charge in [0.1, 0.15) is 16.7 Å². The number of rotatable bonds is 6. The second-order valence-corrected chi connectivity index (χ2v) is 8.45. The van der Waals surface area contributed by atoms with Crippen LogP contribution in [0, 0.1) is 5.92 Å². The van der Waals surface area contributed by atoms with E-state index in [1.165, 1.54) is 11.3 Å². The topological polar surface area (TPSA) is 83.0 Å². The molecule has 0 aromatic carbocycles. The number of thiazole rings is 1. The van der Waals surface area contributed by atoms with E-state index in [0.29, 0.717) is 24.6 Å². The molecule has 0 radical (unpaired) electrons. The van der Waals surface area contributed by atoms with Gasteiger partial charge in [-0.3, -0.25) is 0 Å². The number of amides is 2. The molecule has 1 N–H and O–H groups in total. The number of ether oxygens (including phenoxy) is 1. The smallest absolute Gasteiger partial charge is 0.329 e. The van der Waals surface area contributed by atoms with Crippen molar-refractivity contribution in [2.75, 3.05) is 13.1 Å². The molecule has 0 bridgehead atoms. The molecule has 1 atom stereocenters. The number of hydrogen-bond acceptors (Lipinski definition) is 6. The van der Waals surface area contributed by atoms with Gasteiger partial charge in [0.25, 0.3) is 0 Å². The lowest BCUT2D eigenvalue weighted by Crippen LogP contribution is -2.49. The Bertz CT molecular complexity index is 624. The fourth-order valence-corrected chi connectivity index (χ4v) is 3.46. The fourth-order valence-electron chi connectivity index (χ4n) is 2.82. The molecule has 25 heavy (non-hydrogen) atoms. The average Bonchev–Trinajstić information content (AvgIpc) is 3.07. The Morgan fingerprint density at radius 2 is 2.08 bits per heavy atom. The maximum absolute atomic E-state index is 12.8. The summed E-state index contributed by atoms with van der Waals surface area (Å²) < 4.78 is 5.50. The number of hydrogen-bond donors (Lipinski definition) is 1. The summed E-state index contributed by atoms with van der Waals surface area (Å²) in [5.41, 5.74) is 0.163. The van der Waals surface area contributed by atoms with Gasteiger partial charge < -0.3 is 19.6 Å². The van der Waals surface area contributed by atoms with Gasteiger partial charge in [-0.25, -0.2) is 14.6 Å². The van der Waals surface area contributed by atoms with Crippen LogP contribution in [0.5, 0.6) is 0 Å². The first-order valence-corrected chi connectivity index (χ1v) is 9.33. The van der Waals surface area contributed by atoms with Gasteiger partial charge in [0, 0.05) is 18.5 Å². The van der Waals surface area contributed by atoms with Crippen LogP contribution in [0.2, 0.25) is 0 Å². The molecule has 8 heteroatoms. The molecule has 7 nitrogen and oxygen atoms in total. The van der Waals surface area contributed by atoms with Gasteiger partial charge in [-0.2, -0.15) is 0 Å². The molecule has 1 aromatic heterocycles. The second kappa shape index (κ2) is 7.70. The van der Waals surface area contributed by atoms with Crippen molar-refractivity contribution in [1.29, 1.82) is 0 Å². The third kappa shape index (κ3) is 4.92. The molecule has 1 fully saturated rings. The van der Waals surface area contributed by atoms with Crippen molar-refractivity contribution in [3.63, 3.8) is 0 Å². The summed E-state index contributed by atoms with van der Waals surface area (Å²) in [6.07, 6.45) is 0. The van der Waals surface area contributed by atoms with Crippen LogP contribution in [0.1, 0.15) is 45.3 Å². The number of urea groups is 1. The van der Waals surface area contributed by atoms with Gasteiger partial charge in [-0.15, -0.1) is 11.3 Å². The minimum atomic E-state index is -0.597. The first kappa shape index (κ1) is 19.7. The summed E-state index contributed by atoms with van der Waals surface area (Å²) in [6, 6.07) is -0.775. The van der Waals surface area contributed by atoms with E-state index in [2.05, 4.69) is 4.98 Å². The third-order valence-electron chi connectivity index (χ3n) is 3.83. The summed E-state index contributed by atoms with van der Waals surface area (Å²) in [4.78, 5) is 32.9. The summed E-state index contributed by atoms with van der Waals surface area (Å²) in [5, 5.41) is 11.6. The molecular formula is C17H27N3O4S. The molecule has 1 saturated heterocycles. The van der Waals surface area contributed by atoms with Crippen LogP contribution >= 0.6 is 11.3 Å². The van der Waals surface area contributed by atoms with E-state index < -0.39 is 11.6 Å². The average molecular weight is 369 g/mol. The highest BCUT2D eigenvalue weighted by molar-refractivity contribution is 7.09. The van der Waals surface area contributed by atoms with Gasteiger partial charge >= 0.3 is 12.0 Å². The van der Waals surface area contributed by atoms with Gasteiger partial charge in [0.2, 0.25) is 0 Å². The van der Waals surface area contributed by atoms with Gasteiger partial charge in [-0.1, -0.05) is 13.8 Å². The molecule has 1 aromatic rings. The standard InChI is InChI=1S/C17H27N3O4S/c1-11(2)14(15(22)24-17(3,4)5)20-7-6-19(16(20)23)8-12-10-25-13(9-21)18-12/h10-11,14,21H,6-9H2,1-5H3/t14-/m0/s1. The highest BCUT2D eigenvalue weighted by Gasteiger charge is 2.40. The molecule has 1 aliphatic rings. The van der Waals surface area contributed by atoms with E-state index in [1.54, 1.807) is 9.80 Å². The number of carbonyl (C=O) groups is 2. The second-order valence-electron chi connectivity index (χ2n) is 7.51. The zero-order chi connectivity index (χ0) is 18.8. The van der Waals surface area contributed by atoms with Gasteiger partial charge in [0.15, 0.2) is 0 Å². The zero-order valence-electron chi connectivity index (χ0n) is 15.5. The van der Waals surface area contributed by atoms with E-state index in [4.69, 9.17) is 9.84 Å². The van der Waals surface area contributed by atoms with E-state index in [-0.39, 0.29) is 24.5 Å². The van der Waals surface area contributed by atoms with Crippen molar-refractivity contribution < 1.29 is 19.4 Å². The van der Waals surface area contributed by atoms with Crippen LogP contribution in [0.3, 0.4) is 0 Å².